The van der Waals surface area contributed by atoms with Gasteiger partial charge >= 0.3 is 0 Å². The van der Waals surface area contributed by atoms with E-state index in [1.165, 1.54) is 36.8 Å². The van der Waals surface area contributed by atoms with E-state index < -0.39 is 0 Å². The Bertz CT molecular complexity index is 448. The number of nitrogens with one attached hydrogen (secondary N) is 1. The maximum atomic E-state index is 6.34. The van der Waals surface area contributed by atoms with Gasteiger partial charge in [0.2, 0.25) is 0 Å². The lowest BCUT2D eigenvalue weighted by molar-refractivity contribution is 0.437. The number of hydrazine groups is 1. The summed E-state index contributed by atoms with van der Waals surface area (Å²) in [5.41, 5.74) is 5.49. The van der Waals surface area contributed by atoms with Gasteiger partial charge in [0.05, 0.1) is 0 Å². The van der Waals surface area contributed by atoms with Crippen LogP contribution in [0.4, 0.5) is 0 Å². The van der Waals surface area contributed by atoms with Crippen molar-refractivity contribution >= 4 is 11.6 Å². The van der Waals surface area contributed by atoms with E-state index >= 15 is 0 Å². The van der Waals surface area contributed by atoms with E-state index in [0.717, 1.165) is 29.2 Å². The van der Waals surface area contributed by atoms with Gasteiger partial charge in [-0.25, -0.2) is 0 Å². The largest absolute Gasteiger partial charge is 0.271 e. The van der Waals surface area contributed by atoms with E-state index in [4.69, 9.17) is 17.4 Å². The number of benzene rings is 1. The van der Waals surface area contributed by atoms with Gasteiger partial charge in [-0.3, -0.25) is 11.3 Å². The van der Waals surface area contributed by atoms with Crippen LogP contribution in [0, 0.1) is 24.7 Å². The van der Waals surface area contributed by atoms with Crippen LogP contribution in [0.2, 0.25) is 5.02 Å². The molecule has 3 N–H and O–H groups in total. The van der Waals surface area contributed by atoms with Gasteiger partial charge in [-0.1, -0.05) is 36.6 Å². The van der Waals surface area contributed by atoms with Gasteiger partial charge in [0.1, 0.15) is 0 Å². The Hall–Kier alpha value is -0.570. The fraction of sp³-hybridized carbons (Fsp3) is 0.625. The van der Waals surface area contributed by atoms with Gasteiger partial charge in [-0.15, -0.1) is 0 Å². The standard InChI is InChI=1S/C16H23ClN2/c1-10-6-7-11(14(17)8-10)9-15(19-18)16-12-4-2-3-5-13(12)16/h6-8,12-13,15-16,19H,2-5,9,18H2,1H3. The maximum absolute atomic E-state index is 6.34. The van der Waals surface area contributed by atoms with Crippen LogP contribution in [0.3, 0.4) is 0 Å². The molecule has 1 aromatic carbocycles. The average Bonchev–Trinajstić information content (AvgIpc) is 3.12. The molecule has 2 aliphatic rings. The van der Waals surface area contributed by atoms with Gasteiger partial charge < -0.3 is 0 Å². The highest BCUT2D eigenvalue weighted by molar-refractivity contribution is 6.31. The summed E-state index contributed by atoms with van der Waals surface area (Å²) in [6, 6.07) is 6.71. The molecule has 2 nitrogen and oxygen atoms in total. The number of nitrogens with two attached hydrogens (primary N) is 1. The van der Waals surface area contributed by atoms with Crippen molar-refractivity contribution in [2.45, 2.75) is 45.1 Å². The Morgan fingerprint density at radius 3 is 2.58 bits per heavy atom. The van der Waals surface area contributed by atoms with E-state index in [9.17, 15) is 0 Å². The minimum atomic E-state index is 0.383. The van der Waals surface area contributed by atoms with Crippen molar-refractivity contribution in [3.05, 3.63) is 34.3 Å². The lowest BCUT2D eigenvalue weighted by Crippen LogP contribution is -2.39. The summed E-state index contributed by atoms with van der Waals surface area (Å²) in [5.74, 6) is 8.40. The Kier molecular flexibility index (Phi) is 3.84. The first-order valence-corrected chi connectivity index (χ1v) is 7.79. The zero-order valence-electron chi connectivity index (χ0n) is 11.5. The van der Waals surface area contributed by atoms with Crippen LogP contribution in [-0.2, 0) is 6.42 Å². The molecule has 0 aromatic heterocycles. The Labute approximate surface area is 120 Å². The third-order valence-electron chi connectivity index (χ3n) is 5.05. The molecule has 0 radical (unpaired) electrons. The predicted octanol–water partition coefficient (Wildman–Crippen LogP) is 3.46. The topological polar surface area (TPSA) is 38.0 Å². The zero-order valence-corrected chi connectivity index (χ0v) is 12.3. The third kappa shape index (κ3) is 2.67. The molecule has 0 saturated heterocycles. The molecule has 3 rings (SSSR count). The summed E-state index contributed by atoms with van der Waals surface area (Å²) < 4.78 is 0. The first-order chi connectivity index (χ1) is 9.20. The Morgan fingerprint density at radius 1 is 1.32 bits per heavy atom. The lowest BCUT2D eigenvalue weighted by Gasteiger charge is -2.17. The molecular weight excluding hydrogens is 256 g/mol. The molecule has 1 aromatic rings. The number of aryl methyl sites for hydroxylation is 1. The van der Waals surface area contributed by atoms with Crippen LogP contribution in [0.5, 0.6) is 0 Å². The molecule has 0 bridgehead atoms. The number of halogens is 1. The minimum absolute atomic E-state index is 0.383. The fourth-order valence-corrected chi connectivity index (χ4v) is 4.32. The molecule has 2 saturated carbocycles. The molecule has 3 atom stereocenters. The number of hydrogen-bond donors (Lipinski definition) is 2. The van der Waals surface area contributed by atoms with Crippen molar-refractivity contribution in [3.63, 3.8) is 0 Å². The van der Waals surface area contributed by atoms with Crippen LogP contribution in [-0.4, -0.2) is 6.04 Å². The highest BCUT2D eigenvalue weighted by Gasteiger charge is 2.53. The Morgan fingerprint density at radius 2 is 2.00 bits per heavy atom. The SMILES string of the molecule is Cc1ccc(CC(NN)C2C3CCCCC32)c(Cl)c1. The van der Waals surface area contributed by atoms with Gasteiger partial charge in [0.25, 0.3) is 0 Å². The highest BCUT2D eigenvalue weighted by atomic mass is 35.5. The zero-order chi connectivity index (χ0) is 13.4. The predicted molar refractivity (Wildman–Crippen MR) is 79.9 cm³/mol. The Balaban J connectivity index is 1.70. The van der Waals surface area contributed by atoms with Gasteiger partial charge in [0, 0.05) is 11.1 Å². The molecular formula is C16H23ClN2. The molecule has 0 spiro atoms. The van der Waals surface area contributed by atoms with E-state index in [-0.39, 0.29) is 0 Å². The summed E-state index contributed by atoms with van der Waals surface area (Å²) in [4.78, 5) is 0. The molecule has 0 amide bonds. The summed E-state index contributed by atoms with van der Waals surface area (Å²) in [6.07, 6.45) is 6.55. The molecule has 19 heavy (non-hydrogen) atoms. The van der Waals surface area contributed by atoms with Gasteiger partial charge in [-0.2, -0.15) is 0 Å². The summed E-state index contributed by atoms with van der Waals surface area (Å²) in [5, 5.41) is 0.879. The quantitative estimate of drug-likeness (QED) is 0.654. The van der Waals surface area contributed by atoms with Crippen LogP contribution in [0.1, 0.15) is 36.8 Å². The lowest BCUT2D eigenvalue weighted by atomic mass is 9.99. The smallest absolute Gasteiger partial charge is 0.0441 e. The van der Waals surface area contributed by atoms with Crippen LogP contribution >= 0.6 is 11.6 Å². The second kappa shape index (κ2) is 5.43. The van der Waals surface area contributed by atoms with Crippen molar-refractivity contribution < 1.29 is 0 Å². The van der Waals surface area contributed by atoms with Crippen molar-refractivity contribution in [2.75, 3.05) is 0 Å². The van der Waals surface area contributed by atoms with Gasteiger partial charge in [0.15, 0.2) is 0 Å². The highest BCUT2D eigenvalue weighted by Crippen LogP contribution is 2.57. The minimum Gasteiger partial charge on any atom is -0.271 e. The second-order valence-electron chi connectivity index (χ2n) is 6.26. The summed E-state index contributed by atoms with van der Waals surface area (Å²) in [6.45, 7) is 2.07. The number of rotatable bonds is 4. The van der Waals surface area contributed by atoms with Crippen molar-refractivity contribution in [1.29, 1.82) is 0 Å². The molecule has 104 valence electrons. The molecule has 2 fully saturated rings. The first kappa shape index (κ1) is 13.4. The maximum Gasteiger partial charge on any atom is 0.0441 e. The van der Waals surface area contributed by atoms with Crippen molar-refractivity contribution in [3.8, 4) is 0 Å². The van der Waals surface area contributed by atoms with E-state index in [2.05, 4.69) is 24.5 Å². The molecule has 3 unspecified atom stereocenters. The monoisotopic (exact) mass is 278 g/mol. The van der Waals surface area contributed by atoms with E-state index in [1.54, 1.807) is 0 Å². The van der Waals surface area contributed by atoms with Crippen LogP contribution < -0.4 is 11.3 Å². The van der Waals surface area contributed by atoms with Gasteiger partial charge in [-0.05, 0) is 61.1 Å². The molecule has 0 aliphatic heterocycles. The molecule has 2 aliphatic carbocycles. The van der Waals surface area contributed by atoms with Crippen LogP contribution in [0.25, 0.3) is 0 Å². The van der Waals surface area contributed by atoms with Crippen molar-refractivity contribution in [1.82, 2.24) is 5.43 Å². The fourth-order valence-electron chi connectivity index (χ4n) is 4.01. The first-order valence-electron chi connectivity index (χ1n) is 7.42. The third-order valence-corrected chi connectivity index (χ3v) is 5.40. The molecule has 0 heterocycles. The molecule has 3 heteroatoms. The van der Waals surface area contributed by atoms with E-state index in [0.29, 0.717) is 6.04 Å². The normalized spacial score (nSPS) is 30.8. The average molecular weight is 279 g/mol. The van der Waals surface area contributed by atoms with Crippen LogP contribution in [0.15, 0.2) is 18.2 Å². The van der Waals surface area contributed by atoms with E-state index in [1.807, 2.05) is 6.07 Å². The summed E-state index contributed by atoms with van der Waals surface area (Å²) in [7, 11) is 0. The number of hydrogen-bond acceptors (Lipinski definition) is 2. The second-order valence-corrected chi connectivity index (χ2v) is 6.67. The number of fused-ring (bicyclic) bond motifs is 1. The van der Waals surface area contributed by atoms with Crippen molar-refractivity contribution in [2.24, 2.45) is 23.6 Å². The summed E-state index contributed by atoms with van der Waals surface area (Å²) >= 11 is 6.34.